The summed E-state index contributed by atoms with van der Waals surface area (Å²) < 4.78 is 10.3. The van der Waals surface area contributed by atoms with E-state index in [2.05, 4.69) is 0 Å². The molecule has 0 aliphatic carbocycles. The molecule has 0 N–H and O–H groups in total. The van der Waals surface area contributed by atoms with Crippen LogP contribution in [0, 0.1) is 0 Å². The predicted octanol–water partition coefficient (Wildman–Crippen LogP) is 3.13. The third-order valence-corrected chi connectivity index (χ3v) is 3.19. The maximum atomic E-state index is 11.5. The van der Waals surface area contributed by atoms with Crippen molar-refractivity contribution < 1.29 is 14.3 Å². The van der Waals surface area contributed by atoms with Crippen LogP contribution in [-0.2, 0) is 9.47 Å². The summed E-state index contributed by atoms with van der Waals surface area (Å²) in [6, 6.07) is 5.24. The molecule has 0 unspecified atom stereocenters. The fraction of sp³-hybridized carbons (Fsp3) is 0.417. The summed E-state index contributed by atoms with van der Waals surface area (Å²) in [6.45, 7) is 1.42. The molecular weight excluding hydrogens is 277 g/mol. The number of ether oxygens (including phenoxy) is 2. The first kappa shape index (κ1) is 13.5. The molecule has 1 heterocycles. The highest BCUT2D eigenvalue weighted by atomic mass is 35.5. The van der Waals surface area contributed by atoms with E-state index in [9.17, 15) is 4.79 Å². The van der Waals surface area contributed by atoms with Gasteiger partial charge in [0.2, 0.25) is 0 Å². The Hall–Kier alpha value is -0.970. The number of benzene rings is 1. The zero-order valence-electron chi connectivity index (χ0n) is 9.86. The molecule has 1 amide bonds. The summed E-state index contributed by atoms with van der Waals surface area (Å²) >= 11 is 11.9. The quantitative estimate of drug-likeness (QED) is 0.797. The van der Waals surface area contributed by atoms with Gasteiger partial charge >= 0.3 is 6.09 Å². The third-order valence-electron chi connectivity index (χ3n) is 2.76. The van der Waals surface area contributed by atoms with Crippen molar-refractivity contribution in [1.82, 2.24) is 4.90 Å². The average Bonchev–Trinajstić information content (AvgIpc) is 2.37. The minimum absolute atomic E-state index is 0.228. The van der Waals surface area contributed by atoms with Crippen LogP contribution in [0.5, 0.6) is 0 Å². The zero-order chi connectivity index (χ0) is 13.1. The van der Waals surface area contributed by atoms with E-state index in [1.807, 2.05) is 0 Å². The van der Waals surface area contributed by atoms with E-state index >= 15 is 0 Å². The molecule has 98 valence electrons. The van der Waals surface area contributed by atoms with Crippen molar-refractivity contribution >= 4 is 29.3 Å². The Kier molecular flexibility index (Phi) is 4.32. The smallest absolute Gasteiger partial charge is 0.409 e. The molecule has 4 nitrogen and oxygen atoms in total. The number of hydrogen-bond acceptors (Lipinski definition) is 3. The molecule has 0 spiro atoms. The highest BCUT2D eigenvalue weighted by Crippen LogP contribution is 2.28. The number of morpholine rings is 1. The molecule has 0 bridgehead atoms. The molecule has 1 aliphatic rings. The highest BCUT2D eigenvalue weighted by molar-refractivity contribution is 6.34. The van der Waals surface area contributed by atoms with Crippen molar-refractivity contribution in [3.05, 3.63) is 33.8 Å². The number of hydrogen-bond donors (Lipinski definition) is 0. The van der Waals surface area contributed by atoms with Gasteiger partial charge in [-0.1, -0.05) is 23.2 Å². The van der Waals surface area contributed by atoms with Crippen LogP contribution in [0.1, 0.15) is 11.7 Å². The second-order valence-electron chi connectivity index (χ2n) is 3.98. The standard InChI is InChI=1S/C12H13Cl2NO3/c1-17-12(16)15-2-3-18-11(7-15)8-4-9(13)6-10(14)5-8/h4-6,11H,2-3,7H2,1H3/t11-/m1/s1. The van der Waals surface area contributed by atoms with Crippen molar-refractivity contribution in [2.45, 2.75) is 6.10 Å². The monoisotopic (exact) mass is 289 g/mol. The molecule has 0 saturated carbocycles. The van der Waals surface area contributed by atoms with Crippen LogP contribution in [0.3, 0.4) is 0 Å². The highest BCUT2D eigenvalue weighted by Gasteiger charge is 2.26. The van der Waals surface area contributed by atoms with Gasteiger partial charge in [0.15, 0.2) is 0 Å². The largest absolute Gasteiger partial charge is 0.453 e. The average molecular weight is 290 g/mol. The Morgan fingerprint density at radius 1 is 1.39 bits per heavy atom. The lowest BCUT2D eigenvalue weighted by atomic mass is 10.1. The SMILES string of the molecule is COC(=O)N1CCO[C@@H](c2cc(Cl)cc(Cl)c2)C1. The number of halogens is 2. The molecule has 1 saturated heterocycles. The second-order valence-corrected chi connectivity index (χ2v) is 4.85. The molecule has 0 aromatic heterocycles. The minimum Gasteiger partial charge on any atom is -0.453 e. The van der Waals surface area contributed by atoms with Crippen LogP contribution in [0.2, 0.25) is 10.0 Å². The number of carbonyl (C=O) groups is 1. The van der Waals surface area contributed by atoms with E-state index in [1.54, 1.807) is 23.1 Å². The molecule has 1 aromatic rings. The Labute approximate surface area is 115 Å². The second kappa shape index (κ2) is 5.78. The van der Waals surface area contributed by atoms with Crippen molar-refractivity contribution in [2.75, 3.05) is 26.8 Å². The van der Waals surface area contributed by atoms with E-state index in [4.69, 9.17) is 32.7 Å². The lowest BCUT2D eigenvalue weighted by molar-refractivity contribution is -0.0258. The molecule has 1 fully saturated rings. The van der Waals surface area contributed by atoms with Crippen LogP contribution < -0.4 is 0 Å². The summed E-state index contributed by atoms with van der Waals surface area (Å²) in [5.74, 6) is 0. The zero-order valence-corrected chi connectivity index (χ0v) is 11.4. The Morgan fingerprint density at radius 3 is 2.67 bits per heavy atom. The summed E-state index contributed by atoms with van der Waals surface area (Å²) in [5.41, 5.74) is 0.862. The van der Waals surface area contributed by atoms with E-state index in [-0.39, 0.29) is 12.2 Å². The van der Waals surface area contributed by atoms with Gasteiger partial charge in [-0.3, -0.25) is 0 Å². The lowest BCUT2D eigenvalue weighted by Gasteiger charge is -2.32. The molecule has 6 heteroatoms. The molecule has 0 radical (unpaired) electrons. The van der Waals surface area contributed by atoms with E-state index < -0.39 is 0 Å². The maximum absolute atomic E-state index is 11.5. The van der Waals surface area contributed by atoms with Gasteiger partial charge in [0.05, 0.1) is 20.3 Å². The van der Waals surface area contributed by atoms with E-state index in [0.29, 0.717) is 29.7 Å². The van der Waals surface area contributed by atoms with Crippen LogP contribution in [-0.4, -0.2) is 37.8 Å². The van der Waals surface area contributed by atoms with Crippen molar-refractivity contribution in [3.63, 3.8) is 0 Å². The number of nitrogens with zero attached hydrogens (tertiary/aromatic N) is 1. The fourth-order valence-corrected chi connectivity index (χ4v) is 2.45. The Bertz CT molecular complexity index is 433. The molecular formula is C12H13Cl2NO3. The van der Waals surface area contributed by atoms with Crippen molar-refractivity contribution in [1.29, 1.82) is 0 Å². The normalized spacial score (nSPS) is 19.7. The van der Waals surface area contributed by atoms with E-state index in [1.165, 1.54) is 7.11 Å². The van der Waals surface area contributed by atoms with Crippen LogP contribution >= 0.6 is 23.2 Å². The molecule has 1 aliphatic heterocycles. The summed E-state index contributed by atoms with van der Waals surface area (Å²) in [4.78, 5) is 13.1. The number of rotatable bonds is 1. The van der Waals surface area contributed by atoms with Crippen LogP contribution in [0.25, 0.3) is 0 Å². The van der Waals surface area contributed by atoms with Gasteiger partial charge in [-0.15, -0.1) is 0 Å². The van der Waals surface area contributed by atoms with Crippen LogP contribution in [0.15, 0.2) is 18.2 Å². The molecule has 18 heavy (non-hydrogen) atoms. The minimum atomic E-state index is -0.351. The van der Waals surface area contributed by atoms with Crippen molar-refractivity contribution in [2.24, 2.45) is 0 Å². The van der Waals surface area contributed by atoms with Gasteiger partial charge in [0.1, 0.15) is 6.10 Å². The Balaban J connectivity index is 2.15. The summed E-state index contributed by atoms with van der Waals surface area (Å²) in [6.07, 6.45) is -0.578. The maximum Gasteiger partial charge on any atom is 0.409 e. The first-order valence-corrected chi connectivity index (χ1v) is 6.26. The third kappa shape index (κ3) is 3.07. The molecule has 1 atom stereocenters. The fourth-order valence-electron chi connectivity index (χ4n) is 1.91. The molecule has 1 aromatic carbocycles. The van der Waals surface area contributed by atoms with E-state index in [0.717, 1.165) is 5.56 Å². The first-order valence-electron chi connectivity index (χ1n) is 5.50. The Morgan fingerprint density at radius 2 is 2.06 bits per heavy atom. The van der Waals surface area contributed by atoms with Gasteiger partial charge in [-0.05, 0) is 23.8 Å². The number of carbonyl (C=O) groups excluding carboxylic acids is 1. The van der Waals surface area contributed by atoms with Gasteiger partial charge in [0, 0.05) is 16.6 Å². The van der Waals surface area contributed by atoms with Gasteiger partial charge in [-0.2, -0.15) is 0 Å². The molecule has 2 rings (SSSR count). The summed E-state index contributed by atoms with van der Waals surface area (Å²) in [5, 5.41) is 1.10. The van der Waals surface area contributed by atoms with Gasteiger partial charge in [-0.25, -0.2) is 4.79 Å². The van der Waals surface area contributed by atoms with Gasteiger partial charge in [0.25, 0.3) is 0 Å². The lowest BCUT2D eigenvalue weighted by Crippen LogP contribution is -2.42. The topological polar surface area (TPSA) is 38.8 Å². The van der Waals surface area contributed by atoms with Crippen LogP contribution in [0.4, 0.5) is 4.79 Å². The predicted molar refractivity (Wildman–Crippen MR) is 69.1 cm³/mol. The van der Waals surface area contributed by atoms with Crippen molar-refractivity contribution in [3.8, 4) is 0 Å². The summed E-state index contributed by atoms with van der Waals surface area (Å²) in [7, 11) is 1.36. The number of amides is 1. The van der Waals surface area contributed by atoms with Gasteiger partial charge < -0.3 is 14.4 Å². The number of methoxy groups -OCH3 is 1. The first-order chi connectivity index (χ1) is 8.60.